The number of hydrogen-bond donors (Lipinski definition) is 1. The molecule has 1 saturated heterocycles. The highest BCUT2D eigenvalue weighted by molar-refractivity contribution is 5.79. The summed E-state index contributed by atoms with van der Waals surface area (Å²) in [5, 5.41) is 22.3. The Kier molecular flexibility index (Phi) is 4.87. The van der Waals surface area contributed by atoms with E-state index in [1.165, 1.54) is 32.4 Å². The number of nitro groups is 1. The number of carbonyl (C=O) groups is 1. The van der Waals surface area contributed by atoms with Crippen LogP contribution in [0.1, 0.15) is 31.4 Å². The van der Waals surface area contributed by atoms with Gasteiger partial charge in [0.1, 0.15) is 11.9 Å². The van der Waals surface area contributed by atoms with E-state index in [-0.39, 0.29) is 11.6 Å². The van der Waals surface area contributed by atoms with Crippen LogP contribution in [0, 0.1) is 10.1 Å². The van der Waals surface area contributed by atoms with Gasteiger partial charge in [0.15, 0.2) is 11.9 Å². The van der Waals surface area contributed by atoms with Crippen LogP contribution in [-0.4, -0.2) is 59.6 Å². The van der Waals surface area contributed by atoms with E-state index >= 15 is 0 Å². The average Bonchev–Trinajstić information content (AvgIpc) is 3.02. The minimum Gasteiger partial charge on any atom is -0.479 e. The number of ether oxygens (including phenoxy) is 3. The minimum absolute atomic E-state index is 0.109. The number of nitro benzene ring substituents is 1. The van der Waals surface area contributed by atoms with Crippen molar-refractivity contribution in [1.82, 2.24) is 4.90 Å². The van der Waals surface area contributed by atoms with Crippen LogP contribution in [-0.2, 0) is 14.3 Å². The number of amides is 1. The predicted molar refractivity (Wildman–Crippen MR) is 89.6 cm³/mol. The van der Waals surface area contributed by atoms with E-state index < -0.39 is 29.0 Å². The summed E-state index contributed by atoms with van der Waals surface area (Å²) in [5.74, 6) is 0.245. The van der Waals surface area contributed by atoms with Gasteiger partial charge in [-0.3, -0.25) is 14.9 Å². The molecule has 1 amide bonds. The van der Waals surface area contributed by atoms with E-state index in [1.54, 1.807) is 11.8 Å². The van der Waals surface area contributed by atoms with Crippen LogP contribution < -0.4 is 4.74 Å². The molecule has 1 N–H and O–H groups in total. The van der Waals surface area contributed by atoms with Crippen LogP contribution in [0.25, 0.3) is 0 Å². The molecule has 2 aliphatic rings. The molecule has 1 fully saturated rings. The molecule has 2 heterocycles. The largest absolute Gasteiger partial charge is 0.479 e. The van der Waals surface area contributed by atoms with Gasteiger partial charge in [-0.1, -0.05) is 0 Å². The lowest BCUT2D eigenvalue weighted by Crippen LogP contribution is -2.62. The van der Waals surface area contributed by atoms with Gasteiger partial charge in [0.25, 0.3) is 5.69 Å². The number of non-ortho nitro benzene ring substituents is 1. The lowest BCUT2D eigenvalue weighted by atomic mass is 9.83. The molecule has 26 heavy (non-hydrogen) atoms. The minimum atomic E-state index is -1.31. The molecule has 0 radical (unpaired) electrons. The molecule has 0 aliphatic carbocycles. The normalized spacial score (nSPS) is 28.2. The molecule has 3 atom stereocenters. The summed E-state index contributed by atoms with van der Waals surface area (Å²) in [7, 11) is 2.85. The Hall–Kier alpha value is -2.23. The van der Waals surface area contributed by atoms with Gasteiger partial charge in [-0.2, -0.15) is 0 Å². The van der Waals surface area contributed by atoms with E-state index in [0.717, 1.165) is 0 Å². The third-order valence-electron chi connectivity index (χ3n) is 5.08. The van der Waals surface area contributed by atoms with Crippen molar-refractivity contribution in [2.45, 2.75) is 43.8 Å². The molecular weight excluding hydrogens is 344 g/mol. The van der Waals surface area contributed by atoms with Crippen molar-refractivity contribution in [3.05, 3.63) is 33.9 Å². The van der Waals surface area contributed by atoms with Crippen molar-refractivity contribution in [1.29, 1.82) is 0 Å². The maximum atomic E-state index is 12.3. The highest BCUT2D eigenvalue weighted by Gasteiger charge is 2.55. The molecule has 0 spiro atoms. The second-order valence-corrected chi connectivity index (χ2v) is 6.65. The summed E-state index contributed by atoms with van der Waals surface area (Å²) < 4.78 is 16.6. The second kappa shape index (κ2) is 6.82. The van der Waals surface area contributed by atoms with E-state index in [4.69, 9.17) is 14.2 Å². The zero-order chi connectivity index (χ0) is 19.1. The van der Waals surface area contributed by atoms with Crippen molar-refractivity contribution < 1.29 is 29.0 Å². The Morgan fingerprint density at radius 2 is 2.12 bits per heavy atom. The monoisotopic (exact) mass is 366 g/mol. The number of benzene rings is 1. The summed E-state index contributed by atoms with van der Waals surface area (Å²) in [6.45, 7) is 2.09. The summed E-state index contributed by atoms with van der Waals surface area (Å²) in [4.78, 5) is 24.6. The van der Waals surface area contributed by atoms with Crippen LogP contribution in [0.5, 0.6) is 5.75 Å². The standard InChI is InChI=1S/C17H22N2O7/c1-17(16(24-2)25-3)15(21)14(18-8-4-5-13(18)20)11-9-10(19(22)23)6-7-12(11)26-17/h6-7,9,14-16,21H,4-5,8H2,1-3H3. The predicted octanol–water partition coefficient (Wildman–Crippen LogP) is 1.39. The smallest absolute Gasteiger partial charge is 0.270 e. The van der Waals surface area contributed by atoms with Crippen molar-refractivity contribution in [2.24, 2.45) is 0 Å². The van der Waals surface area contributed by atoms with Gasteiger partial charge >= 0.3 is 0 Å². The van der Waals surface area contributed by atoms with Gasteiger partial charge in [-0.05, 0) is 19.4 Å². The van der Waals surface area contributed by atoms with Crippen LogP contribution in [0.3, 0.4) is 0 Å². The Balaban J connectivity index is 2.14. The van der Waals surface area contributed by atoms with Crippen LogP contribution in [0.2, 0.25) is 0 Å². The van der Waals surface area contributed by atoms with Crippen LogP contribution in [0.4, 0.5) is 5.69 Å². The SMILES string of the molecule is COC(OC)C1(C)Oc2ccc([N+](=O)[O-])cc2C(N2CCCC2=O)C1O. The molecule has 142 valence electrons. The zero-order valence-corrected chi connectivity index (χ0v) is 14.9. The van der Waals surface area contributed by atoms with Crippen molar-refractivity contribution in [2.75, 3.05) is 20.8 Å². The number of rotatable bonds is 5. The second-order valence-electron chi connectivity index (χ2n) is 6.65. The first-order valence-corrected chi connectivity index (χ1v) is 8.34. The van der Waals surface area contributed by atoms with E-state index in [1.807, 2.05) is 0 Å². The number of nitrogens with zero attached hydrogens (tertiary/aromatic N) is 2. The van der Waals surface area contributed by atoms with Gasteiger partial charge in [-0.25, -0.2) is 0 Å². The average molecular weight is 366 g/mol. The molecule has 0 bridgehead atoms. The van der Waals surface area contributed by atoms with Gasteiger partial charge in [-0.15, -0.1) is 0 Å². The fourth-order valence-corrected chi connectivity index (χ4v) is 3.81. The molecule has 0 aromatic heterocycles. The first-order chi connectivity index (χ1) is 12.3. The summed E-state index contributed by atoms with van der Waals surface area (Å²) in [6.07, 6.45) is -1.06. The molecule has 9 nitrogen and oxygen atoms in total. The summed E-state index contributed by atoms with van der Waals surface area (Å²) >= 11 is 0. The maximum Gasteiger partial charge on any atom is 0.270 e. The fourth-order valence-electron chi connectivity index (χ4n) is 3.81. The summed E-state index contributed by atoms with van der Waals surface area (Å²) in [5.41, 5.74) is -1.03. The lowest BCUT2D eigenvalue weighted by Gasteiger charge is -2.48. The van der Waals surface area contributed by atoms with Gasteiger partial charge in [0.2, 0.25) is 5.91 Å². The molecule has 1 aromatic rings. The third-order valence-corrected chi connectivity index (χ3v) is 5.08. The van der Waals surface area contributed by atoms with E-state index in [2.05, 4.69) is 0 Å². The number of hydrogen-bond acceptors (Lipinski definition) is 7. The van der Waals surface area contributed by atoms with Gasteiger partial charge < -0.3 is 24.2 Å². The molecule has 2 aliphatic heterocycles. The Bertz CT molecular complexity index is 721. The van der Waals surface area contributed by atoms with Crippen molar-refractivity contribution >= 4 is 11.6 Å². The first-order valence-electron chi connectivity index (χ1n) is 8.34. The number of likely N-dealkylation sites (tertiary alicyclic amines) is 1. The molecular formula is C17H22N2O7. The zero-order valence-electron chi connectivity index (χ0n) is 14.9. The maximum absolute atomic E-state index is 12.3. The fraction of sp³-hybridized carbons (Fsp3) is 0.588. The number of methoxy groups -OCH3 is 2. The van der Waals surface area contributed by atoms with Gasteiger partial charge in [0.05, 0.1) is 11.0 Å². The summed E-state index contributed by atoms with van der Waals surface area (Å²) in [6, 6.07) is 3.37. The number of carbonyl (C=O) groups excluding carboxylic acids is 1. The first kappa shape index (κ1) is 18.6. The Labute approximate surface area is 150 Å². The highest BCUT2D eigenvalue weighted by atomic mass is 16.7. The topological polar surface area (TPSA) is 111 Å². The Morgan fingerprint density at radius 1 is 1.42 bits per heavy atom. The van der Waals surface area contributed by atoms with Crippen molar-refractivity contribution in [3.8, 4) is 5.75 Å². The highest BCUT2D eigenvalue weighted by Crippen LogP contribution is 2.47. The molecule has 3 rings (SSSR count). The molecule has 0 saturated carbocycles. The molecule has 3 unspecified atom stereocenters. The third kappa shape index (κ3) is 2.81. The van der Waals surface area contributed by atoms with Crippen molar-refractivity contribution in [3.63, 3.8) is 0 Å². The Morgan fingerprint density at radius 3 is 2.65 bits per heavy atom. The van der Waals surface area contributed by atoms with E-state index in [0.29, 0.717) is 30.7 Å². The number of aliphatic hydroxyl groups excluding tert-OH is 1. The number of aliphatic hydroxyl groups is 1. The molecule has 9 heteroatoms. The van der Waals surface area contributed by atoms with Gasteiger partial charge in [0, 0.05) is 44.9 Å². The van der Waals surface area contributed by atoms with E-state index in [9.17, 15) is 20.0 Å². The molecule has 1 aromatic carbocycles. The van der Waals surface area contributed by atoms with Crippen LogP contribution >= 0.6 is 0 Å². The van der Waals surface area contributed by atoms with Crippen LogP contribution in [0.15, 0.2) is 18.2 Å². The lowest BCUT2D eigenvalue weighted by molar-refractivity contribution is -0.385. The quantitative estimate of drug-likeness (QED) is 0.476. The number of fused-ring (bicyclic) bond motifs is 1.